The Morgan fingerprint density at radius 3 is 2.71 bits per heavy atom. The maximum Gasteiger partial charge on any atom is 0.256 e. The van der Waals surface area contributed by atoms with Gasteiger partial charge >= 0.3 is 0 Å². The van der Waals surface area contributed by atoms with Crippen LogP contribution in [0.5, 0.6) is 0 Å². The fraction of sp³-hybridized carbons (Fsp3) is 0.294. The first kappa shape index (κ1) is 15.7. The molecule has 1 aliphatic heterocycles. The Balaban J connectivity index is 1.58. The third-order valence-corrected chi connectivity index (χ3v) is 3.92. The number of hydrogen-bond acceptors (Lipinski definition) is 5. The van der Waals surface area contributed by atoms with Crippen LogP contribution in [0.15, 0.2) is 46.8 Å². The Bertz CT molecular complexity index is 796. The SMILES string of the molecule is C#CCCC1(CCNC(=O)c2cnn(-c3ccccc3)c2N)N=N1. The molecule has 2 heterocycles. The highest BCUT2D eigenvalue weighted by atomic mass is 16.1. The molecular formula is C17H18N6O. The highest BCUT2D eigenvalue weighted by Gasteiger charge is 2.38. The van der Waals surface area contributed by atoms with Crippen LogP contribution in [0.3, 0.4) is 0 Å². The van der Waals surface area contributed by atoms with E-state index in [1.54, 1.807) is 0 Å². The number of anilines is 1. The number of carbonyl (C=O) groups is 1. The predicted molar refractivity (Wildman–Crippen MR) is 90.6 cm³/mol. The van der Waals surface area contributed by atoms with Crippen molar-refractivity contribution < 1.29 is 4.79 Å². The normalized spacial score (nSPS) is 14.1. The second-order valence-electron chi connectivity index (χ2n) is 5.58. The largest absolute Gasteiger partial charge is 0.383 e. The molecule has 2 aromatic rings. The third-order valence-electron chi connectivity index (χ3n) is 3.92. The lowest BCUT2D eigenvalue weighted by Gasteiger charge is -2.10. The molecule has 0 atom stereocenters. The summed E-state index contributed by atoms with van der Waals surface area (Å²) in [5.41, 5.74) is 6.80. The van der Waals surface area contributed by atoms with E-state index >= 15 is 0 Å². The van der Waals surface area contributed by atoms with E-state index in [0.29, 0.717) is 37.2 Å². The van der Waals surface area contributed by atoms with Crippen molar-refractivity contribution in [3.63, 3.8) is 0 Å². The minimum atomic E-state index is -0.403. The summed E-state index contributed by atoms with van der Waals surface area (Å²) >= 11 is 0. The molecule has 122 valence electrons. The number of nitrogens with two attached hydrogens (primary N) is 1. The van der Waals surface area contributed by atoms with Crippen molar-refractivity contribution in [1.82, 2.24) is 15.1 Å². The van der Waals surface area contributed by atoms with E-state index in [1.807, 2.05) is 30.3 Å². The minimum absolute atomic E-state index is 0.262. The third kappa shape index (κ3) is 3.27. The van der Waals surface area contributed by atoms with E-state index in [-0.39, 0.29) is 5.91 Å². The molecule has 1 aliphatic rings. The van der Waals surface area contributed by atoms with Crippen LogP contribution in [0.25, 0.3) is 5.69 Å². The van der Waals surface area contributed by atoms with Gasteiger partial charge in [-0.25, -0.2) is 4.68 Å². The number of nitrogen functional groups attached to an aromatic ring is 1. The smallest absolute Gasteiger partial charge is 0.256 e. The topological polar surface area (TPSA) is 97.7 Å². The zero-order valence-electron chi connectivity index (χ0n) is 13.1. The summed E-state index contributed by atoms with van der Waals surface area (Å²) in [6, 6.07) is 9.41. The molecule has 0 fully saturated rings. The van der Waals surface area contributed by atoms with E-state index < -0.39 is 5.66 Å². The van der Waals surface area contributed by atoms with E-state index in [2.05, 4.69) is 26.6 Å². The Morgan fingerprint density at radius 1 is 1.29 bits per heavy atom. The van der Waals surface area contributed by atoms with Crippen LogP contribution < -0.4 is 11.1 Å². The first-order valence-corrected chi connectivity index (χ1v) is 7.70. The molecule has 24 heavy (non-hydrogen) atoms. The van der Waals surface area contributed by atoms with Gasteiger partial charge in [0.2, 0.25) is 0 Å². The lowest BCUT2D eigenvalue weighted by molar-refractivity contribution is 0.0953. The molecule has 7 nitrogen and oxygen atoms in total. The average molecular weight is 322 g/mol. The van der Waals surface area contributed by atoms with Crippen LogP contribution in [0.2, 0.25) is 0 Å². The van der Waals surface area contributed by atoms with E-state index in [1.165, 1.54) is 10.9 Å². The minimum Gasteiger partial charge on any atom is -0.383 e. The number of nitrogens with one attached hydrogen (secondary N) is 1. The first-order valence-electron chi connectivity index (χ1n) is 7.70. The van der Waals surface area contributed by atoms with Gasteiger partial charge in [-0.2, -0.15) is 15.3 Å². The summed E-state index contributed by atoms with van der Waals surface area (Å²) in [5.74, 6) is 2.63. The van der Waals surface area contributed by atoms with Gasteiger partial charge in [0.25, 0.3) is 5.91 Å². The number of rotatable bonds is 7. The molecule has 0 aliphatic carbocycles. The Hall–Kier alpha value is -3.14. The molecule has 0 spiro atoms. The molecular weight excluding hydrogens is 304 g/mol. The quantitative estimate of drug-likeness (QED) is 0.764. The molecule has 3 N–H and O–H groups in total. The molecule has 0 saturated heterocycles. The number of carbonyl (C=O) groups excluding carboxylic acids is 1. The molecule has 0 saturated carbocycles. The maximum atomic E-state index is 12.3. The number of nitrogens with zero attached hydrogens (tertiary/aromatic N) is 4. The molecule has 3 rings (SSSR count). The molecule has 1 aromatic carbocycles. The Morgan fingerprint density at radius 2 is 2.04 bits per heavy atom. The number of aromatic nitrogens is 2. The lowest BCUT2D eigenvalue weighted by Crippen LogP contribution is -2.28. The van der Waals surface area contributed by atoms with E-state index in [4.69, 9.17) is 12.2 Å². The fourth-order valence-corrected chi connectivity index (χ4v) is 2.45. The number of benzene rings is 1. The van der Waals surface area contributed by atoms with Crippen molar-refractivity contribution in [3.8, 4) is 18.0 Å². The van der Waals surface area contributed by atoms with Crippen LogP contribution in [-0.2, 0) is 0 Å². The van der Waals surface area contributed by atoms with E-state index in [0.717, 1.165) is 5.69 Å². The van der Waals surface area contributed by atoms with Crippen LogP contribution in [0.4, 0.5) is 5.82 Å². The van der Waals surface area contributed by atoms with Gasteiger partial charge in [-0.3, -0.25) is 4.79 Å². The van der Waals surface area contributed by atoms with E-state index in [9.17, 15) is 4.79 Å². The zero-order valence-corrected chi connectivity index (χ0v) is 13.1. The first-order chi connectivity index (χ1) is 11.7. The molecule has 7 heteroatoms. The highest BCUT2D eigenvalue weighted by Crippen LogP contribution is 2.36. The molecule has 0 bridgehead atoms. The molecule has 0 unspecified atom stereocenters. The summed E-state index contributed by atoms with van der Waals surface area (Å²) < 4.78 is 1.54. The summed E-state index contributed by atoms with van der Waals surface area (Å²) in [6.07, 6.45) is 8.70. The van der Waals surface area contributed by atoms with Crippen LogP contribution in [0, 0.1) is 12.3 Å². The van der Waals surface area contributed by atoms with Gasteiger partial charge in [0.1, 0.15) is 11.4 Å². The van der Waals surface area contributed by atoms with Crippen LogP contribution >= 0.6 is 0 Å². The van der Waals surface area contributed by atoms with Crippen LogP contribution in [0.1, 0.15) is 29.6 Å². The Kier molecular flexibility index (Phi) is 4.29. The highest BCUT2D eigenvalue weighted by molar-refractivity contribution is 5.98. The summed E-state index contributed by atoms with van der Waals surface area (Å²) in [4.78, 5) is 12.3. The van der Waals surface area contributed by atoms with Gasteiger partial charge < -0.3 is 11.1 Å². The van der Waals surface area contributed by atoms with Crippen molar-refractivity contribution in [3.05, 3.63) is 42.1 Å². The van der Waals surface area contributed by atoms with Crippen molar-refractivity contribution in [2.45, 2.75) is 24.9 Å². The van der Waals surface area contributed by atoms with Crippen LogP contribution in [-0.4, -0.2) is 27.9 Å². The number of amides is 1. The van der Waals surface area contributed by atoms with Crippen molar-refractivity contribution in [2.24, 2.45) is 10.2 Å². The standard InChI is InChI=1S/C17H18N6O/c1-2-3-9-17(21-22-17)10-11-19-16(24)14-12-20-23(15(14)18)13-7-5-4-6-8-13/h1,4-8,12H,3,9-11,18H2,(H,19,24). The molecule has 1 aromatic heterocycles. The average Bonchev–Trinajstić information content (AvgIpc) is 3.27. The van der Waals surface area contributed by atoms with Gasteiger partial charge in [0.15, 0.2) is 5.66 Å². The van der Waals surface area contributed by atoms with Gasteiger partial charge in [0, 0.05) is 25.8 Å². The molecule has 1 amide bonds. The van der Waals surface area contributed by atoms with Gasteiger partial charge in [-0.05, 0) is 12.1 Å². The summed E-state index contributed by atoms with van der Waals surface area (Å²) in [6.45, 7) is 0.451. The lowest BCUT2D eigenvalue weighted by atomic mass is 10.0. The number of terminal acetylenes is 1. The second kappa shape index (κ2) is 6.54. The monoisotopic (exact) mass is 322 g/mol. The van der Waals surface area contributed by atoms with Gasteiger partial charge in [-0.1, -0.05) is 18.2 Å². The maximum absolute atomic E-state index is 12.3. The second-order valence-corrected chi connectivity index (χ2v) is 5.58. The Labute approximate surface area is 140 Å². The van der Waals surface area contributed by atoms with Gasteiger partial charge in [-0.15, -0.1) is 12.3 Å². The summed E-state index contributed by atoms with van der Waals surface area (Å²) in [5, 5.41) is 15.1. The van der Waals surface area contributed by atoms with Crippen molar-refractivity contribution >= 4 is 11.7 Å². The summed E-state index contributed by atoms with van der Waals surface area (Å²) in [7, 11) is 0. The zero-order chi connectivity index (χ0) is 17.0. The van der Waals surface area contributed by atoms with Gasteiger partial charge in [0.05, 0.1) is 11.9 Å². The number of para-hydroxylation sites is 1. The molecule has 0 radical (unpaired) electrons. The fourth-order valence-electron chi connectivity index (χ4n) is 2.45. The number of hydrogen-bond donors (Lipinski definition) is 2. The van der Waals surface area contributed by atoms with Crippen molar-refractivity contribution in [2.75, 3.05) is 12.3 Å². The predicted octanol–water partition coefficient (Wildman–Crippen LogP) is 2.15. The van der Waals surface area contributed by atoms with Crippen molar-refractivity contribution in [1.29, 1.82) is 0 Å².